The van der Waals surface area contributed by atoms with Gasteiger partial charge in [0.2, 0.25) is 5.76 Å². The number of benzene rings is 1. The number of hydrogen-bond donors (Lipinski definition) is 0. The van der Waals surface area contributed by atoms with Gasteiger partial charge in [0.1, 0.15) is 16.5 Å². The Morgan fingerprint density at radius 1 is 1.24 bits per heavy atom. The van der Waals surface area contributed by atoms with Crippen molar-refractivity contribution in [2.45, 2.75) is 33.3 Å². The maximum atomic E-state index is 12.3. The third kappa shape index (κ3) is 5.51. The van der Waals surface area contributed by atoms with Gasteiger partial charge >= 0.3 is 11.9 Å². The van der Waals surface area contributed by atoms with E-state index in [4.69, 9.17) is 26.1 Å². The summed E-state index contributed by atoms with van der Waals surface area (Å²) in [5.74, 6) is -0.0172. The van der Waals surface area contributed by atoms with Gasteiger partial charge in [-0.3, -0.25) is 4.79 Å². The van der Waals surface area contributed by atoms with Crippen LogP contribution in [0.5, 0.6) is 0 Å². The summed E-state index contributed by atoms with van der Waals surface area (Å²) < 4.78 is 16.8. The van der Waals surface area contributed by atoms with Crippen LogP contribution in [0.4, 0.5) is 0 Å². The predicted octanol–water partition coefficient (Wildman–Crippen LogP) is 4.40. The molecule has 0 bridgehead atoms. The van der Waals surface area contributed by atoms with Crippen molar-refractivity contribution >= 4 is 51.2 Å². The van der Waals surface area contributed by atoms with Gasteiger partial charge in [0.15, 0.2) is 0 Å². The molecule has 0 saturated carbocycles. The molecule has 29 heavy (non-hydrogen) atoms. The molecule has 0 aliphatic carbocycles. The molecule has 6 nitrogen and oxygen atoms in total. The molecule has 0 spiro atoms. The second-order valence-corrected chi connectivity index (χ2v) is 8.62. The second kappa shape index (κ2) is 10.1. The van der Waals surface area contributed by atoms with Crippen molar-refractivity contribution in [1.82, 2.24) is 4.90 Å². The zero-order valence-electron chi connectivity index (χ0n) is 16.6. The van der Waals surface area contributed by atoms with Crippen molar-refractivity contribution in [1.29, 1.82) is 0 Å². The van der Waals surface area contributed by atoms with Gasteiger partial charge in [-0.2, -0.15) is 0 Å². The van der Waals surface area contributed by atoms with Crippen molar-refractivity contribution in [3.05, 3.63) is 35.6 Å². The fourth-order valence-electron chi connectivity index (χ4n) is 3.20. The lowest BCUT2D eigenvalue weighted by atomic mass is 10.00. The molecule has 0 unspecified atom stereocenters. The van der Waals surface area contributed by atoms with Crippen LogP contribution in [0.25, 0.3) is 11.0 Å². The molecule has 156 valence electrons. The van der Waals surface area contributed by atoms with E-state index in [0.717, 1.165) is 41.6 Å². The maximum absolute atomic E-state index is 12.3. The number of esters is 2. The number of nitrogens with zero attached hydrogens (tertiary/aromatic N) is 1. The number of para-hydroxylation sites is 1. The quantitative estimate of drug-likeness (QED) is 0.488. The molecule has 0 N–H and O–H groups in total. The molecule has 1 aromatic heterocycles. The first-order valence-corrected chi connectivity index (χ1v) is 11.1. The summed E-state index contributed by atoms with van der Waals surface area (Å²) in [4.78, 5) is 26.6. The molecule has 3 rings (SSSR count). The Hall–Kier alpha value is -2.06. The molecule has 2 aromatic rings. The summed E-state index contributed by atoms with van der Waals surface area (Å²) in [5.41, 5.74) is 1.07. The Labute approximate surface area is 179 Å². The fraction of sp³-hybridized carbons (Fsp3) is 0.476. The lowest BCUT2D eigenvalue weighted by Crippen LogP contribution is -2.35. The van der Waals surface area contributed by atoms with Crippen LogP contribution in [0.15, 0.2) is 28.7 Å². The molecule has 0 amide bonds. The Bertz CT molecular complexity index is 886. The number of hydrogen-bond acceptors (Lipinski definition) is 7. The van der Waals surface area contributed by atoms with Gasteiger partial charge in [-0.15, -0.1) is 0 Å². The van der Waals surface area contributed by atoms with Crippen LogP contribution in [0, 0.1) is 5.92 Å². The zero-order valence-corrected chi connectivity index (χ0v) is 18.3. The lowest BCUT2D eigenvalue weighted by molar-refractivity contribution is -0.141. The summed E-state index contributed by atoms with van der Waals surface area (Å²) in [6.07, 6.45) is 2.24. The zero-order chi connectivity index (χ0) is 20.8. The summed E-state index contributed by atoms with van der Waals surface area (Å²) in [5, 5.41) is 0.731. The largest absolute Gasteiger partial charge is 0.460 e. The van der Waals surface area contributed by atoms with E-state index in [1.165, 1.54) is 11.8 Å². The van der Waals surface area contributed by atoms with E-state index < -0.39 is 5.97 Å². The number of likely N-dealkylation sites (tertiary alicyclic amines) is 1. The topological polar surface area (TPSA) is 69.0 Å². The highest BCUT2D eigenvalue weighted by atomic mass is 32.2. The van der Waals surface area contributed by atoms with Crippen molar-refractivity contribution in [3.8, 4) is 0 Å². The van der Waals surface area contributed by atoms with E-state index in [2.05, 4.69) is 11.8 Å². The number of piperidine rings is 1. The molecule has 1 aliphatic rings. The van der Waals surface area contributed by atoms with Crippen molar-refractivity contribution in [2.24, 2.45) is 5.92 Å². The molecular formula is C21H25NO5S2. The summed E-state index contributed by atoms with van der Waals surface area (Å²) >= 11 is 6.77. The SMILES string of the molecule is CCOC(=O)c1oc2ccccc2c1COC(=O)CSC(=S)N1CCC(C)CC1. The normalized spacial score (nSPS) is 14.8. The van der Waals surface area contributed by atoms with Crippen molar-refractivity contribution in [3.63, 3.8) is 0 Å². The Kier molecular flexibility index (Phi) is 7.55. The van der Waals surface area contributed by atoms with Crippen LogP contribution in [0.1, 0.15) is 42.8 Å². The number of ether oxygens (including phenoxy) is 2. The van der Waals surface area contributed by atoms with Crippen LogP contribution in [-0.4, -0.2) is 46.6 Å². The molecule has 1 saturated heterocycles. The van der Waals surface area contributed by atoms with Gasteiger partial charge in [0.25, 0.3) is 0 Å². The number of thiocarbonyl (C=S) groups is 1. The van der Waals surface area contributed by atoms with E-state index in [0.29, 0.717) is 11.1 Å². The Balaban J connectivity index is 1.58. The van der Waals surface area contributed by atoms with E-state index in [1.807, 2.05) is 18.2 Å². The number of fused-ring (bicyclic) bond motifs is 1. The first kappa shape index (κ1) is 21.6. The molecule has 1 fully saturated rings. The monoisotopic (exact) mass is 435 g/mol. The Morgan fingerprint density at radius 2 is 1.97 bits per heavy atom. The summed E-state index contributed by atoms with van der Waals surface area (Å²) in [6, 6.07) is 7.24. The van der Waals surface area contributed by atoms with Crippen molar-refractivity contribution < 1.29 is 23.5 Å². The van der Waals surface area contributed by atoms with E-state index in [1.54, 1.807) is 13.0 Å². The smallest absolute Gasteiger partial charge is 0.374 e. The average Bonchev–Trinajstić information content (AvgIpc) is 3.10. The van der Waals surface area contributed by atoms with Gasteiger partial charge in [-0.05, 0) is 31.7 Å². The van der Waals surface area contributed by atoms with Crippen molar-refractivity contribution in [2.75, 3.05) is 25.4 Å². The summed E-state index contributed by atoms with van der Waals surface area (Å²) in [6.45, 7) is 6.02. The number of carbonyl (C=O) groups is 2. The van der Waals surface area contributed by atoms with Gasteiger partial charge in [0.05, 0.1) is 17.9 Å². The molecule has 0 radical (unpaired) electrons. The highest BCUT2D eigenvalue weighted by Crippen LogP contribution is 2.27. The standard InChI is InChI=1S/C21H25NO5S2/c1-3-25-20(24)19-16(15-6-4-5-7-17(15)27-19)12-26-18(23)13-29-21(28)22-10-8-14(2)9-11-22/h4-7,14H,3,8-13H2,1-2H3. The van der Waals surface area contributed by atoms with Gasteiger partial charge in [-0.25, -0.2) is 4.79 Å². The molecule has 0 atom stereocenters. The molecule has 2 heterocycles. The van der Waals surface area contributed by atoms with Crippen LogP contribution < -0.4 is 0 Å². The predicted molar refractivity (Wildman–Crippen MR) is 117 cm³/mol. The lowest BCUT2D eigenvalue weighted by Gasteiger charge is -2.31. The molecule has 8 heteroatoms. The molecule has 1 aliphatic heterocycles. The van der Waals surface area contributed by atoms with Gasteiger partial charge < -0.3 is 18.8 Å². The third-order valence-electron chi connectivity index (χ3n) is 4.89. The maximum Gasteiger partial charge on any atom is 0.374 e. The number of carbonyl (C=O) groups excluding carboxylic acids is 2. The minimum atomic E-state index is -0.565. The average molecular weight is 436 g/mol. The van der Waals surface area contributed by atoms with Crippen LogP contribution in [0.3, 0.4) is 0 Å². The van der Waals surface area contributed by atoms with Crippen LogP contribution >= 0.6 is 24.0 Å². The number of thioether (sulfide) groups is 1. The van der Waals surface area contributed by atoms with E-state index in [-0.39, 0.29) is 30.7 Å². The Morgan fingerprint density at radius 3 is 2.69 bits per heavy atom. The first-order valence-electron chi connectivity index (χ1n) is 9.74. The van der Waals surface area contributed by atoms with Crippen LogP contribution in [-0.2, 0) is 20.9 Å². The third-order valence-corrected chi connectivity index (χ3v) is 6.39. The highest BCUT2D eigenvalue weighted by Gasteiger charge is 2.23. The minimum Gasteiger partial charge on any atom is -0.460 e. The van der Waals surface area contributed by atoms with E-state index in [9.17, 15) is 9.59 Å². The van der Waals surface area contributed by atoms with Crippen LogP contribution in [0.2, 0.25) is 0 Å². The first-order chi connectivity index (χ1) is 14.0. The minimum absolute atomic E-state index is 0.0570. The fourth-order valence-corrected chi connectivity index (χ4v) is 4.25. The summed E-state index contributed by atoms with van der Waals surface area (Å²) in [7, 11) is 0. The highest BCUT2D eigenvalue weighted by molar-refractivity contribution is 8.23. The second-order valence-electron chi connectivity index (χ2n) is 7.01. The molecule has 1 aromatic carbocycles. The molecular weight excluding hydrogens is 410 g/mol. The van der Waals surface area contributed by atoms with Gasteiger partial charge in [0, 0.05) is 18.5 Å². The van der Waals surface area contributed by atoms with Gasteiger partial charge in [-0.1, -0.05) is 49.1 Å². The van der Waals surface area contributed by atoms with E-state index >= 15 is 0 Å². The number of furan rings is 1. The number of rotatable bonds is 6.